The first kappa shape index (κ1) is 19.7. The highest BCUT2D eigenvalue weighted by Gasteiger charge is 2.27. The fourth-order valence-corrected chi connectivity index (χ4v) is 5.57. The summed E-state index contributed by atoms with van der Waals surface area (Å²) in [6.07, 6.45) is 6.03. The summed E-state index contributed by atoms with van der Waals surface area (Å²) in [7, 11) is -3.69. The average molecular weight is 429 g/mol. The van der Waals surface area contributed by atoms with Gasteiger partial charge in [-0.25, -0.2) is 18.5 Å². The third-order valence-electron chi connectivity index (χ3n) is 6.36. The Bertz CT molecular complexity index is 1170. The highest BCUT2D eigenvalue weighted by Crippen LogP contribution is 2.39. The van der Waals surface area contributed by atoms with Crippen molar-refractivity contribution in [3.8, 4) is 0 Å². The maximum atomic E-state index is 14.6. The van der Waals surface area contributed by atoms with Crippen LogP contribution in [0.25, 0.3) is 0 Å². The zero-order valence-electron chi connectivity index (χ0n) is 16.7. The maximum Gasteiger partial charge on any atom is 0.354 e. The van der Waals surface area contributed by atoms with Crippen molar-refractivity contribution in [2.75, 3.05) is 18.4 Å². The number of hydrogen-bond donors (Lipinski definition) is 2. The van der Waals surface area contributed by atoms with Crippen LogP contribution in [-0.2, 0) is 42.1 Å². The molecule has 30 heavy (non-hydrogen) atoms. The first-order chi connectivity index (χ1) is 14.4. The normalized spacial score (nSPS) is 19.1. The van der Waals surface area contributed by atoms with Crippen molar-refractivity contribution in [2.45, 2.75) is 50.0 Å². The second-order valence-corrected chi connectivity index (χ2v) is 10.1. The Morgan fingerprint density at radius 3 is 2.53 bits per heavy atom. The topological polar surface area (TPSA) is 87.8 Å². The van der Waals surface area contributed by atoms with Gasteiger partial charge in [-0.1, -0.05) is 12.1 Å². The van der Waals surface area contributed by atoms with Crippen molar-refractivity contribution in [3.05, 3.63) is 57.9 Å². The first-order valence-corrected chi connectivity index (χ1v) is 12.0. The van der Waals surface area contributed by atoms with Gasteiger partial charge >= 0.3 is 6.03 Å². The minimum absolute atomic E-state index is 0.240. The molecule has 0 saturated carbocycles. The van der Waals surface area contributed by atoms with E-state index in [1.165, 1.54) is 23.3 Å². The highest BCUT2D eigenvalue weighted by atomic mass is 32.2. The molecule has 6 nitrogen and oxygen atoms in total. The van der Waals surface area contributed by atoms with E-state index < -0.39 is 21.8 Å². The number of carbonyl (C=O) groups excluding carboxylic acids is 1. The third-order valence-corrected chi connectivity index (χ3v) is 7.76. The van der Waals surface area contributed by atoms with Crippen molar-refractivity contribution < 1.29 is 13.4 Å². The molecule has 5 rings (SSSR count). The summed E-state index contributed by atoms with van der Waals surface area (Å²) in [6.45, 7) is 2.64. The number of urea groups is 1. The number of fused-ring (bicyclic) bond motifs is 2. The van der Waals surface area contributed by atoms with Gasteiger partial charge in [0.05, 0.1) is 4.90 Å². The number of hydrogen-bond acceptors (Lipinski definition) is 3. The molecular weight excluding hydrogens is 403 g/mol. The van der Waals surface area contributed by atoms with Crippen LogP contribution in [0.15, 0.2) is 33.5 Å². The molecule has 0 aromatic heterocycles. The monoisotopic (exact) mass is 428 g/mol. The molecule has 2 aromatic carbocycles. The standard InChI is InChI=1S/C22H25FN4O2S/c23-19-11-14(13-27-9-2-10-27)5-8-20(19)30(24,29)26-22(28)25-21-17-4-1-3-15(17)12-16-6-7-18(16)21/h5,8,11-12H,1-4,6-7,9-10,13H2,(H3,24,25,26,28,29)/t30-/m0/s1. The molecule has 2 amide bonds. The summed E-state index contributed by atoms with van der Waals surface area (Å²) in [4.78, 5) is 14.5. The molecule has 2 aliphatic carbocycles. The lowest BCUT2D eigenvalue weighted by Gasteiger charge is -2.30. The number of rotatable bonds is 4. The fraction of sp³-hybridized carbons (Fsp3) is 0.409. The van der Waals surface area contributed by atoms with Crippen LogP contribution in [0.4, 0.5) is 14.9 Å². The van der Waals surface area contributed by atoms with Crippen LogP contribution in [0.5, 0.6) is 0 Å². The summed E-state index contributed by atoms with van der Waals surface area (Å²) in [6, 6.07) is 5.86. The molecule has 0 spiro atoms. The van der Waals surface area contributed by atoms with Crippen LogP contribution < -0.4 is 10.5 Å². The number of anilines is 1. The predicted octanol–water partition coefficient (Wildman–Crippen LogP) is 3.55. The molecular formula is C22H25FN4O2S. The number of nitrogens with zero attached hydrogens (tertiary/aromatic N) is 2. The van der Waals surface area contributed by atoms with Crippen molar-refractivity contribution in [1.82, 2.24) is 4.90 Å². The van der Waals surface area contributed by atoms with Gasteiger partial charge in [0.25, 0.3) is 0 Å². The van der Waals surface area contributed by atoms with Gasteiger partial charge in [0.2, 0.25) is 0 Å². The summed E-state index contributed by atoms with van der Waals surface area (Å²) in [5.74, 6) is -0.693. The van der Waals surface area contributed by atoms with E-state index in [4.69, 9.17) is 5.14 Å². The Morgan fingerprint density at radius 2 is 1.87 bits per heavy atom. The van der Waals surface area contributed by atoms with E-state index in [1.807, 2.05) is 0 Å². The third kappa shape index (κ3) is 3.53. The maximum absolute atomic E-state index is 14.6. The number of halogens is 1. The summed E-state index contributed by atoms with van der Waals surface area (Å²) in [5, 5.41) is 8.63. The van der Waals surface area contributed by atoms with Gasteiger partial charge < -0.3 is 5.32 Å². The fourth-order valence-electron chi connectivity index (χ4n) is 4.57. The lowest BCUT2D eigenvalue weighted by atomic mass is 9.83. The van der Waals surface area contributed by atoms with E-state index in [1.54, 1.807) is 6.07 Å². The molecule has 1 aliphatic heterocycles. The molecule has 3 aliphatic rings. The molecule has 3 N–H and O–H groups in total. The Balaban J connectivity index is 1.39. The molecule has 2 aromatic rings. The predicted molar refractivity (Wildman–Crippen MR) is 114 cm³/mol. The van der Waals surface area contributed by atoms with Gasteiger partial charge in [0, 0.05) is 12.2 Å². The zero-order chi connectivity index (χ0) is 20.9. The summed E-state index contributed by atoms with van der Waals surface area (Å²) < 4.78 is 31.2. The van der Waals surface area contributed by atoms with E-state index in [0.717, 1.165) is 74.0 Å². The summed E-state index contributed by atoms with van der Waals surface area (Å²) in [5.41, 5.74) is 6.37. The number of aryl methyl sites for hydroxylation is 2. The molecule has 1 atom stereocenters. The number of benzene rings is 2. The number of likely N-dealkylation sites (tertiary alicyclic amines) is 1. The van der Waals surface area contributed by atoms with Crippen LogP contribution in [0, 0.1) is 5.82 Å². The quantitative estimate of drug-likeness (QED) is 0.781. The Kier molecular flexibility index (Phi) is 4.88. The van der Waals surface area contributed by atoms with Gasteiger partial charge in [-0.15, -0.1) is 4.36 Å². The number of carbonyl (C=O) groups is 1. The second kappa shape index (κ2) is 7.44. The van der Waals surface area contributed by atoms with E-state index in [0.29, 0.717) is 6.54 Å². The molecule has 1 fully saturated rings. The average Bonchev–Trinajstić information content (AvgIpc) is 3.08. The Morgan fingerprint density at radius 1 is 1.10 bits per heavy atom. The van der Waals surface area contributed by atoms with Gasteiger partial charge in [0.15, 0.2) is 0 Å². The second-order valence-electron chi connectivity index (χ2n) is 8.37. The Labute approximate surface area is 176 Å². The SMILES string of the molecule is N[S@](=O)(=NC(=O)Nc1c2c(cc3c1CC3)CCC2)c1ccc(CN2CCC2)cc1F. The minimum Gasteiger partial charge on any atom is -0.305 e. The van der Waals surface area contributed by atoms with E-state index in [2.05, 4.69) is 20.6 Å². The minimum atomic E-state index is -3.69. The van der Waals surface area contributed by atoms with E-state index in [-0.39, 0.29) is 4.90 Å². The number of nitrogens with two attached hydrogens (primary N) is 1. The molecule has 0 radical (unpaired) electrons. The van der Waals surface area contributed by atoms with Crippen LogP contribution in [0.2, 0.25) is 0 Å². The van der Waals surface area contributed by atoms with E-state index in [9.17, 15) is 13.4 Å². The van der Waals surface area contributed by atoms with Gasteiger partial charge in [0.1, 0.15) is 15.7 Å². The van der Waals surface area contributed by atoms with Crippen molar-refractivity contribution >= 4 is 21.6 Å². The van der Waals surface area contributed by atoms with Crippen molar-refractivity contribution in [3.63, 3.8) is 0 Å². The molecule has 0 bridgehead atoms. The van der Waals surface area contributed by atoms with Crippen molar-refractivity contribution in [1.29, 1.82) is 0 Å². The van der Waals surface area contributed by atoms with Gasteiger partial charge in [-0.05, 0) is 91.6 Å². The largest absolute Gasteiger partial charge is 0.354 e. The van der Waals surface area contributed by atoms with Crippen LogP contribution in [-0.4, -0.2) is 28.2 Å². The van der Waals surface area contributed by atoms with Crippen molar-refractivity contribution in [2.24, 2.45) is 9.50 Å². The lowest BCUT2D eigenvalue weighted by Crippen LogP contribution is -2.36. The molecule has 8 heteroatoms. The van der Waals surface area contributed by atoms with Gasteiger partial charge in [-0.3, -0.25) is 4.90 Å². The smallest absolute Gasteiger partial charge is 0.305 e. The van der Waals surface area contributed by atoms with Gasteiger partial charge in [-0.2, -0.15) is 0 Å². The molecule has 158 valence electrons. The molecule has 1 saturated heterocycles. The highest BCUT2D eigenvalue weighted by molar-refractivity contribution is 7.91. The van der Waals surface area contributed by atoms with Crippen LogP contribution in [0.1, 0.15) is 40.7 Å². The van der Waals surface area contributed by atoms with E-state index >= 15 is 0 Å². The first-order valence-electron chi connectivity index (χ1n) is 10.4. The zero-order valence-corrected chi connectivity index (χ0v) is 17.6. The Hall–Kier alpha value is -2.29. The molecule has 0 unspecified atom stereocenters. The van der Waals surface area contributed by atoms with Crippen LogP contribution in [0.3, 0.4) is 0 Å². The van der Waals surface area contributed by atoms with Crippen LogP contribution >= 0.6 is 0 Å². The summed E-state index contributed by atoms with van der Waals surface area (Å²) >= 11 is 0. The molecule has 1 heterocycles. The number of amides is 2. The number of nitrogens with one attached hydrogen (secondary N) is 1. The lowest BCUT2D eigenvalue weighted by molar-refractivity contribution is 0.172.